The first-order valence-electron chi connectivity index (χ1n) is 9.72. The van der Waals surface area contributed by atoms with Crippen molar-refractivity contribution in [3.05, 3.63) is 66.4 Å². The van der Waals surface area contributed by atoms with Gasteiger partial charge in [-0.1, -0.05) is 0 Å². The third-order valence-electron chi connectivity index (χ3n) is 4.89. The summed E-state index contributed by atoms with van der Waals surface area (Å²) in [6.45, 7) is 0.618. The zero-order valence-corrected chi connectivity index (χ0v) is 16.6. The van der Waals surface area contributed by atoms with Gasteiger partial charge < -0.3 is 15.5 Å². The van der Waals surface area contributed by atoms with Gasteiger partial charge in [0.25, 0.3) is 0 Å². The molecule has 1 unspecified atom stereocenters. The van der Waals surface area contributed by atoms with Crippen LogP contribution in [0.15, 0.2) is 54.9 Å². The Hall–Kier alpha value is -3.76. The highest BCUT2D eigenvalue weighted by molar-refractivity contribution is 5.89. The van der Waals surface area contributed by atoms with E-state index >= 15 is 0 Å². The fraction of sp³-hybridized carbons (Fsp3) is 0.238. The van der Waals surface area contributed by atoms with Crippen molar-refractivity contribution in [1.29, 1.82) is 0 Å². The highest BCUT2D eigenvalue weighted by atomic mass is 19.4. The van der Waals surface area contributed by atoms with Gasteiger partial charge >= 0.3 is 12.2 Å². The van der Waals surface area contributed by atoms with Crippen LogP contribution in [-0.2, 0) is 6.18 Å². The summed E-state index contributed by atoms with van der Waals surface area (Å²) in [5.41, 5.74) is -0.00128. The minimum Gasteiger partial charge on any atom is -0.339 e. The number of urea groups is 1. The summed E-state index contributed by atoms with van der Waals surface area (Å²) in [7, 11) is 0. The number of alkyl halides is 3. The molecule has 2 aromatic heterocycles. The first-order chi connectivity index (χ1) is 15.3. The number of nitrogens with one attached hydrogen (secondary N) is 2. The Labute approximate surface area is 180 Å². The Morgan fingerprint density at radius 3 is 2.47 bits per heavy atom. The second-order valence-corrected chi connectivity index (χ2v) is 7.21. The number of nitrogens with zero attached hydrogens (tertiary/aromatic N) is 4. The molecular formula is C21H18F4N6O. The molecule has 4 rings (SSSR count). The van der Waals surface area contributed by atoms with Crippen molar-refractivity contribution in [2.75, 3.05) is 23.3 Å². The number of amides is 2. The van der Waals surface area contributed by atoms with E-state index in [-0.39, 0.29) is 24.2 Å². The normalized spacial score (nSPS) is 16.1. The Morgan fingerprint density at radius 1 is 1.06 bits per heavy atom. The van der Waals surface area contributed by atoms with Gasteiger partial charge in [-0.05, 0) is 48.9 Å². The SMILES string of the molecule is O=C(Nc1ccc(F)cc1)NC1CCN(c2nc(-c3ccncc3)cc(C(F)(F)F)n2)C1. The zero-order chi connectivity index (χ0) is 22.7. The highest BCUT2D eigenvalue weighted by Crippen LogP contribution is 2.32. The molecule has 0 bridgehead atoms. The van der Waals surface area contributed by atoms with Crippen molar-refractivity contribution < 1.29 is 22.4 Å². The number of benzene rings is 1. The Bertz CT molecular complexity index is 1090. The molecule has 166 valence electrons. The fourth-order valence-electron chi connectivity index (χ4n) is 3.34. The number of aromatic nitrogens is 3. The van der Waals surface area contributed by atoms with Crippen LogP contribution in [-0.4, -0.2) is 40.1 Å². The molecule has 1 aliphatic heterocycles. The van der Waals surface area contributed by atoms with Crippen LogP contribution >= 0.6 is 0 Å². The average Bonchev–Trinajstić information content (AvgIpc) is 3.23. The number of halogens is 4. The van der Waals surface area contributed by atoms with Crippen molar-refractivity contribution in [3.8, 4) is 11.3 Å². The minimum absolute atomic E-state index is 0.0603. The predicted molar refractivity (Wildman–Crippen MR) is 109 cm³/mol. The summed E-state index contributed by atoms with van der Waals surface area (Å²) < 4.78 is 53.2. The maximum atomic E-state index is 13.4. The molecule has 1 aliphatic rings. The highest BCUT2D eigenvalue weighted by Gasteiger charge is 2.35. The van der Waals surface area contributed by atoms with E-state index in [1.165, 1.54) is 36.7 Å². The second kappa shape index (κ2) is 8.77. The van der Waals surface area contributed by atoms with E-state index < -0.39 is 23.7 Å². The van der Waals surface area contributed by atoms with Crippen molar-refractivity contribution in [3.63, 3.8) is 0 Å². The third kappa shape index (κ3) is 5.10. The van der Waals surface area contributed by atoms with Gasteiger partial charge in [0, 0.05) is 42.8 Å². The molecule has 0 aliphatic carbocycles. The number of rotatable bonds is 4. The van der Waals surface area contributed by atoms with Crippen LogP contribution in [0.2, 0.25) is 0 Å². The molecule has 1 fully saturated rings. The van der Waals surface area contributed by atoms with Crippen molar-refractivity contribution in [2.24, 2.45) is 0 Å². The molecule has 0 spiro atoms. The molecular weight excluding hydrogens is 428 g/mol. The predicted octanol–water partition coefficient (Wildman–Crippen LogP) is 4.10. The van der Waals surface area contributed by atoms with E-state index in [1.807, 2.05) is 0 Å². The van der Waals surface area contributed by atoms with Gasteiger partial charge in [-0.3, -0.25) is 4.98 Å². The fourth-order valence-corrected chi connectivity index (χ4v) is 3.34. The van der Waals surface area contributed by atoms with E-state index in [9.17, 15) is 22.4 Å². The van der Waals surface area contributed by atoms with Crippen LogP contribution in [0.25, 0.3) is 11.3 Å². The Morgan fingerprint density at radius 2 is 1.78 bits per heavy atom. The van der Waals surface area contributed by atoms with Crippen LogP contribution in [0.3, 0.4) is 0 Å². The molecule has 0 saturated carbocycles. The molecule has 7 nitrogen and oxygen atoms in total. The minimum atomic E-state index is -4.63. The lowest BCUT2D eigenvalue weighted by molar-refractivity contribution is -0.141. The summed E-state index contributed by atoms with van der Waals surface area (Å²) in [6, 6.07) is 8.52. The quantitative estimate of drug-likeness (QED) is 0.590. The summed E-state index contributed by atoms with van der Waals surface area (Å²) >= 11 is 0. The second-order valence-electron chi connectivity index (χ2n) is 7.21. The van der Waals surface area contributed by atoms with Gasteiger partial charge in [0.2, 0.25) is 5.95 Å². The summed E-state index contributed by atoms with van der Waals surface area (Å²) in [5.74, 6) is -0.482. The van der Waals surface area contributed by atoms with Gasteiger partial charge in [-0.25, -0.2) is 19.2 Å². The lowest BCUT2D eigenvalue weighted by Crippen LogP contribution is -2.40. The molecule has 1 saturated heterocycles. The van der Waals surface area contributed by atoms with Crippen LogP contribution < -0.4 is 15.5 Å². The van der Waals surface area contributed by atoms with Crippen molar-refractivity contribution in [2.45, 2.75) is 18.6 Å². The van der Waals surface area contributed by atoms with Crippen LogP contribution in [0, 0.1) is 5.82 Å². The first-order valence-corrected chi connectivity index (χ1v) is 9.72. The van der Waals surface area contributed by atoms with E-state index in [0.29, 0.717) is 24.2 Å². The Balaban J connectivity index is 1.48. The number of carbonyl (C=O) groups is 1. The number of anilines is 2. The van der Waals surface area contributed by atoms with Gasteiger partial charge in [0.15, 0.2) is 5.69 Å². The van der Waals surface area contributed by atoms with Gasteiger partial charge in [0.05, 0.1) is 5.69 Å². The molecule has 11 heteroatoms. The van der Waals surface area contributed by atoms with E-state index in [0.717, 1.165) is 6.07 Å². The average molecular weight is 446 g/mol. The molecule has 1 atom stereocenters. The van der Waals surface area contributed by atoms with Crippen molar-refractivity contribution in [1.82, 2.24) is 20.3 Å². The molecule has 2 amide bonds. The van der Waals surface area contributed by atoms with Crippen LogP contribution in [0.4, 0.5) is 34.0 Å². The number of carbonyl (C=O) groups excluding carboxylic acids is 1. The zero-order valence-electron chi connectivity index (χ0n) is 16.6. The third-order valence-corrected chi connectivity index (χ3v) is 4.89. The smallest absolute Gasteiger partial charge is 0.339 e. The van der Waals surface area contributed by atoms with E-state index in [1.54, 1.807) is 17.0 Å². The summed E-state index contributed by atoms with van der Waals surface area (Å²) in [4.78, 5) is 25.7. The van der Waals surface area contributed by atoms with Gasteiger partial charge in [0.1, 0.15) is 5.82 Å². The molecule has 3 aromatic rings. The molecule has 32 heavy (non-hydrogen) atoms. The summed E-state index contributed by atoms with van der Waals surface area (Å²) in [5, 5.41) is 5.35. The maximum Gasteiger partial charge on any atom is 0.433 e. The molecule has 1 aromatic carbocycles. The standard InChI is InChI=1S/C21H18F4N6O/c22-14-1-3-15(4-2-14)27-20(32)28-16-7-10-31(12-16)19-29-17(13-5-8-26-9-6-13)11-18(30-19)21(23,24)25/h1-6,8-9,11,16H,7,10,12H2,(H2,27,28,32). The lowest BCUT2D eigenvalue weighted by atomic mass is 10.1. The molecule has 2 N–H and O–H groups in total. The van der Waals surface area contributed by atoms with Gasteiger partial charge in [-0.15, -0.1) is 0 Å². The number of pyridine rings is 1. The van der Waals surface area contributed by atoms with Crippen molar-refractivity contribution >= 4 is 17.7 Å². The monoisotopic (exact) mass is 446 g/mol. The van der Waals surface area contributed by atoms with E-state index in [2.05, 4.69) is 25.6 Å². The number of hydrogen-bond donors (Lipinski definition) is 2. The van der Waals surface area contributed by atoms with Crippen LogP contribution in [0.5, 0.6) is 0 Å². The molecule has 3 heterocycles. The maximum absolute atomic E-state index is 13.4. The van der Waals surface area contributed by atoms with Crippen LogP contribution in [0.1, 0.15) is 12.1 Å². The van der Waals surface area contributed by atoms with E-state index in [4.69, 9.17) is 0 Å². The number of hydrogen-bond acceptors (Lipinski definition) is 5. The lowest BCUT2D eigenvalue weighted by Gasteiger charge is -2.19. The molecule has 0 radical (unpaired) electrons. The first kappa shape index (κ1) is 21.5. The summed E-state index contributed by atoms with van der Waals surface area (Å²) in [6.07, 6.45) is -1.19. The largest absolute Gasteiger partial charge is 0.433 e. The van der Waals surface area contributed by atoms with Gasteiger partial charge in [-0.2, -0.15) is 13.2 Å². The Kier molecular flexibility index (Phi) is 5.89. The topological polar surface area (TPSA) is 83.0 Å².